The number of allylic oxidation sites excluding steroid dienone is 1. The van der Waals surface area contributed by atoms with Crippen molar-refractivity contribution in [1.82, 2.24) is 4.90 Å². The molecule has 1 saturated heterocycles. The maximum absolute atomic E-state index is 13.2. The van der Waals surface area contributed by atoms with Gasteiger partial charge >= 0.3 is 0 Å². The van der Waals surface area contributed by atoms with Crippen molar-refractivity contribution in [2.75, 3.05) is 26.7 Å². The molecule has 0 saturated carbocycles. The molecule has 0 aromatic rings. The number of ketones is 1. The molecule has 266 valence electrons. The minimum absolute atomic E-state index is 0.331. The highest BCUT2D eigenvalue weighted by Crippen LogP contribution is 2.28. The highest BCUT2D eigenvalue weighted by Gasteiger charge is 2.25. The third-order valence-corrected chi connectivity index (χ3v) is 10.9. The Hall–Kier alpha value is -0.830. The number of hydrogen-bond acceptors (Lipinski definition) is 3. The molecule has 0 N–H and O–H groups in total. The number of carbonyl (C=O) groups is 1. The number of carbonyl (C=O) groups excluding carboxylic acids is 1. The van der Waals surface area contributed by atoms with Crippen LogP contribution in [0.3, 0.4) is 0 Å². The molecule has 0 bridgehead atoms. The van der Waals surface area contributed by atoms with E-state index in [0.29, 0.717) is 23.5 Å². The molecule has 1 aliphatic rings. The van der Waals surface area contributed by atoms with Gasteiger partial charge in [-0.2, -0.15) is 0 Å². The van der Waals surface area contributed by atoms with Gasteiger partial charge in [-0.3, -0.25) is 4.79 Å². The van der Waals surface area contributed by atoms with Crippen molar-refractivity contribution in [3.05, 3.63) is 12.3 Å². The van der Waals surface area contributed by atoms with Crippen molar-refractivity contribution in [3.8, 4) is 0 Å². The molecule has 0 aromatic carbocycles. The number of rotatable bonds is 32. The van der Waals surface area contributed by atoms with E-state index in [1.165, 1.54) is 148 Å². The van der Waals surface area contributed by atoms with E-state index >= 15 is 0 Å². The van der Waals surface area contributed by atoms with Crippen molar-refractivity contribution in [1.29, 1.82) is 0 Å². The maximum atomic E-state index is 13.2. The Morgan fingerprint density at radius 3 is 1.76 bits per heavy atom. The molecule has 0 amide bonds. The third kappa shape index (κ3) is 23.2. The zero-order chi connectivity index (χ0) is 33.0. The zero-order valence-electron chi connectivity index (χ0n) is 31.5. The quantitative estimate of drug-likeness (QED) is 0.0546. The molecule has 1 rings (SSSR count). The van der Waals surface area contributed by atoms with Crippen LogP contribution in [-0.2, 0) is 9.53 Å². The summed E-state index contributed by atoms with van der Waals surface area (Å²) in [7, 11) is 2.19. The van der Waals surface area contributed by atoms with Crippen LogP contribution in [0.4, 0.5) is 0 Å². The molecule has 3 atom stereocenters. The van der Waals surface area contributed by atoms with Gasteiger partial charge in [0.15, 0.2) is 0 Å². The summed E-state index contributed by atoms with van der Waals surface area (Å²) in [5, 5.41) is 0. The predicted molar refractivity (Wildman–Crippen MR) is 199 cm³/mol. The molecule has 3 nitrogen and oxygen atoms in total. The standard InChI is InChI=1S/C42H81NO2/c1-7-10-13-14-15-16-20-24-28-39(35-42(44)40-31-33-43(6)34-32-40)29-25-21-18-17-19-23-27-38(5)45-36-41(30-12-9-3)37(4)26-22-11-8-2/h37,39-41H,5,7-36H2,1-4,6H3. The smallest absolute Gasteiger partial charge is 0.136 e. The molecule has 1 fully saturated rings. The van der Waals surface area contributed by atoms with E-state index in [4.69, 9.17) is 4.74 Å². The van der Waals surface area contributed by atoms with Crippen molar-refractivity contribution in [3.63, 3.8) is 0 Å². The summed E-state index contributed by atoms with van der Waals surface area (Å²) in [6, 6.07) is 0. The fourth-order valence-electron chi connectivity index (χ4n) is 7.41. The topological polar surface area (TPSA) is 29.5 Å². The lowest BCUT2D eigenvalue weighted by molar-refractivity contribution is -0.125. The summed E-state index contributed by atoms with van der Waals surface area (Å²) >= 11 is 0. The van der Waals surface area contributed by atoms with Crippen molar-refractivity contribution < 1.29 is 9.53 Å². The van der Waals surface area contributed by atoms with E-state index in [0.717, 1.165) is 57.1 Å². The van der Waals surface area contributed by atoms with Gasteiger partial charge in [0, 0.05) is 18.8 Å². The van der Waals surface area contributed by atoms with Crippen LogP contribution in [0.5, 0.6) is 0 Å². The Balaban J connectivity index is 2.27. The first-order valence-electron chi connectivity index (χ1n) is 20.4. The first-order chi connectivity index (χ1) is 21.9. The van der Waals surface area contributed by atoms with Crippen LogP contribution in [-0.4, -0.2) is 37.4 Å². The summed E-state index contributed by atoms with van der Waals surface area (Å²) < 4.78 is 6.23. The number of Topliss-reactive ketones (excluding diaryl/α,β-unsaturated/α-hetero) is 1. The van der Waals surface area contributed by atoms with Gasteiger partial charge in [-0.25, -0.2) is 0 Å². The van der Waals surface area contributed by atoms with Crippen LogP contribution in [0.1, 0.15) is 201 Å². The van der Waals surface area contributed by atoms with Crippen LogP contribution in [0.15, 0.2) is 12.3 Å². The lowest BCUT2D eigenvalue weighted by atomic mass is 9.84. The number of piperidine rings is 1. The first kappa shape index (κ1) is 42.2. The molecule has 0 radical (unpaired) electrons. The Morgan fingerprint density at radius 1 is 0.689 bits per heavy atom. The fraction of sp³-hybridized carbons (Fsp3) is 0.929. The largest absolute Gasteiger partial charge is 0.498 e. The second-order valence-electron chi connectivity index (χ2n) is 15.3. The minimum atomic E-state index is 0.331. The maximum Gasteiger partial charge on any atom is 0.136 e. The predicted octanol–water partition coefficient (Wildman–Crippen LogP) is 13.1. The number of likely N-dealkylation sites (tertiary alicyclic amines) is 1. The number of nitrogens with zero attached hydrogens (tertiary/aromatic N) is 1. The molecule has 45 heavy (non-hydrogen) atoms. The molecule has 0 aliphatic carbocycles. The van der Waals surface area contributed by atoms with Crippen LogP contribution in [0.25, 0.3) is 0 Å². The summed E-state index contributed by atoms with van der Waals surface area (Å²) in [5.41, 5.74) is 0. The average Bonchev–Trinajstić information content (AvgIpc) is 3.03. The summed E-state index contributed by atoms with van der Waals surface area (Å²) in [6.07, 6.45) is 34.6. The van der Waals surface area contributed by atoms with E-state index in [1.54, 1.807) is 0 Å². The molecule has 0 aromatic heterocycles. The monoisotopic (exact) mass is 632 g/mol. The Bertz CT molecular complexity index is 682. The molecule has 0 spiro atoms. The number of unbranched alkanes of at least 4 members (excludes halogenated alkanes) is 15. The second-order valence-corrected chi connectivity index (χ2v) is 15.3. The first-order valence-corrected chi connectivity index (χ1v) is 20.4. The van der Waals surface area contributed by atoms with E-state index in [2.05, 4.69) is 46.2 Å². The summed E-state index contributed by atoms with van der Waals surface area (Å²) in [4.78, 5) is 15.6. The van der Waals surface area contributed by atoms with Gasteiger partial charge in [-0.05, 0) is 63.6 Å². The van der Waals surface area contributed by atoms with Crippen molar-refractivity contribution in [2.24, 2.45) is 23.7 Å². The molecule has 3 unspecified atom stereocenters. The van der Waals surface area contributed by atoms with Gasteiger partial charge in [0.2, 0.25) is 0 Å². The zero-order valence-corrected chi connectivity index (χ0v) is 31.5. The Morgan fingerprint density at radius 2 is 1.18 bits per heavy atom. The molecule has 1 aliphatic heterocycles. The molecule has 1 heterocycles. The van der Waals surface area contributed by atoms with Gasteiger partial charge in [-0.15, -0.1) is 0 Å². The van der Waals surface area contributed by atoms with Crippen LogP contribution < -0.4 is 0 Å². The molecular formula is C42H81NO2. The molecule has 3 heteroatoms. The van der Waals surface area contributed by atoms with Crippen molar-refractivity contribution in [2.45, 2.75) is 201 Å². The van der Waals surface area contributed by atoms with E-state index in [9.17, 15) is 4.79 Å². The van der Waals surface area contributed by atoms with E-state index < -0.39 is 0 Å². The van der Waals surface area contributed by atoms with E-state index in [-0.39, 0.29) is 0 Å². The van der Waals surface area contributed by atoms with Gasteiger partial charge in [0.1, 0.15) is 5.78 Å². The summed E-state index contributed by atoms with van der Waals surface area (Å²) in [6.45, 7) is 16.7. The third-order valence-electron chi connectivity index (χ3n) is 10.9. The van der Waals surface area contributed by atoms with Crippen molar-refractivity contribution >= 4 is 5.78 Å². The van der Waals surface area contributed by atoms with Crippen LogP contribution in [0.2, 0.25) is 0 Å². The second kappa shape index (κ2) is 29.3. The van der Waals surface area contributed by atoms with Gasteiger partial charge < -0.3 is 9.64 Å². The lowest BCUT2D eigenvalue weighted by Gasteiger charge is -2.29. The highest BCUT2D eigenvalue weighted by atomic mass is 16.5. The van der Waals surface area contributed by atoms with Gasteiger partial charge in [0.25, 0.3) is 0 Å². The molecular weight excluding hydrogens is 550 g/mol. The Labute approximate surface area is 283 Å². The number of ether oxygens (including phenoxy) is 1. The summed E-state index contributed by atoms with van der Waals surface area (Å²) in [5.74, 6) is 3.97. The normalized spacial score (nSPS) is 16.5. The van der Waals surface area contributed by atoms with Gasteiger partial charge in [-0.1, -0.05) is 169 Å². The number of hydrogen-bond donors (Lipinski definition) is 0. The fourth-order valence-corrected chi connectivity index (χ4v) is 7.41. The minimum Gasteiger partial charge on any atom is -0.498 e. The SMILES string of the molecule is C=C(CCCCCCCCC(CCCCCCCCCC)CC(=O)C1CCN(C)CC1)OCC(CCCC)C(C)CCCCC. The van der Waals surface area contributed by atoms with Gasteiger partial charge in [0.05, 0.1) is 12.4 Å². The van der Waals surface area contributed by atoms with Crippen LogP contribution >= 0.6 is 0 Å². The average molecular weight is 632 g/mol. The van der Waals surface area contributed by atoms with E-state index in [1.807, 2.05) is 0 Å². The highest BCUT2D eigenvalue weighted by molar-refractivity contribution is 5.81. The Kier molecular flexibility index (Phi) is 27.5. The lowest BCUT2D eigenvalue weighted by Crippen LogP contribution is -2.34. The van der Waals surface area contributed by atoms with Crippen LogP contribution in [0, 0.1) is 23.7 Å².